The first-order valence-electron chi connectivity index (χ1n) is 37.9. The fourth-order valence-corrected chi connectivity index (χ4v) is 15.4. The Hall–Kier alpha value is -3.43. The van der Waals surface area contributed by atoms with Crippen molar-refractivity contribution in [2.24, 2.45) is 0 Å². The number of hydrogen-bond donors (Lipinski definition) is 30. The van der Waals surface area contributed by atoms with Crippen molar-refractivity contribution >= 4 is 17.7 Å². The van der Waals surface area contributed by atoms with E-state index in [-0.39, 0.29) is 0 Å². The van der Waals surface area contributed by atoms with Crippen LogP contribution in [0.5, 0.6) is 0 Å². The Morgan fingerprint density at radius 3 is 0.890 bits per heavy atom. The van der Waals surface area contributed by atoms with Crippen LogP contribution in [0.1, 0.15) is 34.6 Å². The Balaban J connectivity index is 0.984. The van der Waals surface area contributed by atoms with E-state index in [4.69, 9.17) is 90.0 Å². The maximum atomic E-state index is 13.7. The van der Waals surface area contributed by atoms with Crippen molar-refractivity contribution in [2.75, 3.05) is 52.9 Å². The summed E-state index contributed by atoms with van der Waals surface area (Å²) in [5.41, 5.74) is 0. The van der Waals surface area contributed by atoms with Gasteiger partial charge in [-0.1, -0.05) is 0 Å². The smallest absolute Gasteiger partial charge is 0.217 e. The number of aliphatic hydroxyl groups excluding tert-OH is 27. The Kier molecular flexibility index (Phi) is 34.3. The zero-order valence-corrected chi connectivity index (χ0v) is 63.6. The summed E-state index contributed by atoms with van der Waals surface area (Å²) in [4.78, 5) is 40.1. The van der Waals surface area contributed by atoms with Gasteiger partial charge in [0.25, 0.3) is 0 Å². The molecular formula is C66H111N3O49. The van der Waals surface area contributed by atoms with E-state index in [2.05, 4.69) is 16.0 Å². The van der Waals surface area contributed by atoms with Gasteiger partial charge in [-0.05, 0) is 13.8 Å². The van der Waals surface area contributed by atoms with Crippen LogP contribution in [0.4, 0.5) is 0 Å². The van der Waals surface area contributed by atoms with Crippen LogP contribution in [0.15, 0.2) is 0 Å². The minimum atomic E-state index is -2.50. The molecule has 10 aliphatic heterocycles. The van der Waals surface area contributed by atoms with Crippen LogP contribution < -0.4 is 16.0 Å². The Morgan fingerprint density at radius 2 is 0.500 bits per heavy atom. The summed E-state index contributed by atoms with van der Waals surface area (Å²) >= 11 is 0. The van der Waals surface area contributed by atoms with Crippen molar-refractivity contribution in [1.29, 1.82) is 0 Å². The van der Waals surface area contributed by atoms with Gasteiger partial charge in [0.05, 0.1) is 65.1 Å². The molecule has 30 N–H and O–H groups in total. The summed E-state index contributed by atoms with van der Waals surface area (Å²) < 4.78 is 114. The van der Waals surface area contributed by atoms with Crippen LogP contribution in [0.2, 0.25) is 0 Å². The normalized spacial score (nSPS) is 51.1. The lowest BCUT2D eigenvalue weighted by Crippen LogP contribution is -2.72. The zero-order chi connectivity index (χ0) is 86.8. The van der Waals surface area contributed by atoms with Gasteiger partial charge in [-0.25, -0.2) is 0 Å². The summed E-state index contributed by atoms with van der Waals surface area (Å²) in [7, 11) is 0. The highest BCUT2D eigenvalue weighted by atomic mass is 16.8. The average Bonchev–Trinajstić information content (AvgIpc) is 0.762. The number of rotatable bonds is 29. The minimum absolute atomic E-state index is 0.917. The summed E-state index contributed by atoms with van der Waals surface area (Å²) in [6.07, 6.45) is -97.1. The number of amides is 3. The molecule has 10 fully saturated rings. The molecule has 0 aromatic carbocycles. The average molecular weight is 1730 g/mol. The van der Waals surface area contributed by atoms with E-state index in [1.54, 1.807) is 0 Å². The maximum absolute atomic E-state index is 13.7. The Bertz CT molecular complexity index is 3140. The second-order valence-corrected chi connectivity index (χ2v) is 30.2. The molecule has 0 spiro atoms. The topological polar surface area (TPSA) is 809 Å². The van der Waals surface area contributed by atoms with E-state index in [1.807, 2.05) is 0 Å². The van der Waals surface area contributed by atoms with Crippen molar-refractivity contribution in [3.63, 3.8) is 0 Å². The predicted molar refractivity (Wildman–Crippen MR) is 362 cm³/mol. The van der Waals surface area contributed by atoms with E-state index in [0.29, 0.717) is 0 Å². The van der Waals surface area contributed by atoms with Gasteiger partial charge in [0.15, 0.2) is 62.9 Å². The van der Waals surface area contributed by atoms with Crippen molar-refractivity contribution in [2.45, 2.75) is 341 Å². The number of nitrogens with one attached hydrogen (secondary N) is 3. The molecule has 10 rings (SSSR count). The van der Waals surface area contributed by atoms with Gasteiger partial charge in [-0.15, -0.1) is 0 Å². The molecule has 3 amide bonds. The largest absolute Gasteiger partial charge is 0.394 e. The molecule has 52 nitrogen and oxygen atoms in total. The van der Waals surface area contributed by atoms with E-state index in [1.165, 1.54) is 13.8 Å². The van der Waals surface area contributed by atoms with Gasteiger partial charge in [-0.2, -0.15) is 0 Å². The lowest BCUT2D eigenvalue weighted by Gasteiger charge is -2.52. The fraction of sp³-hybridized carbons (Fsp3) is 0.955. The van der Waals surface area contributed by atoms with Crippen LogP contribution in [0, 0.1) is 0 Å². The first kappa shape index (κ1) is 96.8. The van der Waals surface area contributed by atoms with Crippen LogP contribution in [0.3, 0.4) is 0 Å². The van der Waals surface area contributed by atoms with Crippen LogP contribution in [-0.4, -0.2) is 515 Å². The van der Waals surface area contributed by atoms with Gasteiger partial charge >= 0.3 is 0 Å². The number of hydrogen-bond acceptors (Lipinski definition) is 49. The van der Waals surface area contributed by atoms with Crippen molar-refractivity contribution in [3.8, 4) is 0 Å². The SMILES string of the molecule is CC(=O)N[C@H]1[C@H](O[C@H]2[C@@H](O)[C@@H](CO)O[C@@H](O[C@H]3[C@H](O[C@@H]4O[C@@H](C)[C@@H](O)[C@@H](O)[C@@H]4O)[C@@H](NC(C)=O)[C@H](OC[C@H]4O[C@@H](O[C@H]5[C@H](O)[C@@H](O)C(O)O[C@@H]5CO)[C@H](O)[C@@H](O[C@@H]5O[C@H](CO)[C@@H](O)[C@H](O[C@@H]6O[C@H](CO)[C@H](O)[C@H](O)[C@H]6O)[C@H]5NC(C)=O)[C@H]4O)O[C@@H]3CO)[C@@H]2O)O[C@H](CO)[C@@H](O[C@@H]2O[C@H](CO)[C@H](O)[C@H](O)[C@H]2O)[C@@H]1O[C@@H]1O[C@@H](C)[C@@H](O)[C@@H](O)[C@@H]1O. The lowest BCUT2D eigenvalue weighted by molar-refractivity contribution is -0.396. The monoisotopic (exact) mass is 1730 g/mol. The van der Waals surface area contributed by atoms with Gasteiger partial charge in [0.1, 0.15) is 232 Å². The first-order valence-corrected chi connectivity index (χ1v) is 37.9. The molecule has 10 saturated heterocycles. The molecule has 10 heterocycles. The minimum Gasteiger partial charge on any atom is -0.394 e. The van der Waals surface area contributed by atoms with Crippen molar-refractivity contribution in [3.05, 3.63) is 0 Å². The summed E-state index contributed by atoms with van der Waals surface area (Å²) in [5.74, 6) is -2.96. The molecule has 0 aromatic heterocycles. The second-order valence-electron chi connectivity index (χ2n) is 30.2. The molecule has 118 heavy (non-hydrogen) atoms. The number of aliphatic hydroxyl groups is 27. The first-order chi connectivity index (χ1) is 55.8. The molecule has 684 valence electrons. The molecule has 0 aromatic rings. The van der Waals surface area contributed by atoms with Crippen LogP contribution in [-0.2, 0) is 104 Å². The quantitative estimate of drug-likeness (QED) is 0.0331. The maximum Gasteiger partial charge on any atom is 0.217 e. The molecule has 0 bridgehead atoms. The third-order valence-corrected chi connectivity index (χ3v) is 22.0. The van der Waals surface area contributed by atoms with E-state index < -0.39 is 377 Å². The number of carbonyl (C=O) groups excluding carboxylic acids is 3. The summed E-state index contributed by atoms with van der Waals surface area (Å²) in [6.45, 7) is -3.77. The molecule has 0 aliphatic carbocycles. The molecule has 50 atom stereocenters. The molecular weight excluding hydrogens is 1620 g/mol. The zero-order valence-electron chi connectivity index (χ0n) is 63.6. The van der Waals surface area contributed by atoms with Crippen molar-refractivity contribution < 1.29 is 242 Å². The highest BCUT2D eigenvalue weighted by Crippen LogP contribution is 2.41. The highest BCUT2D eigenvalue weighted by Gasteiger charge is 2.62. The second kappa shape index (κ2) is 41.8. The van der Waals surface area contributed by atoms with Crippen LogP contribution >= 0.6 is 0 Å². The molecule has 0 saturated carbocycles. The molecule has 1 unspecified atom stereocenters. The Morgan fingerprint density at radius 1 is 0.237 bits per heavy atom. The highest BCUT2D eigenvalue weighted by molar-refractivity contribution is 5.74. The number of ether oxygens (including phenoxy) is 19. The third kappa shape index (κ3) is 20.8. The van der Waals surface area contributed by atoms with E-state index >= 15 is 0 Å². The van der Waals surface area contributed by atoms with Gasteiger partial charge in [0, 0.05) is 20.8 Å². The molecule has 10 aliphatic rings. The lowest BCUT2D eigenvalue weighted by atomic mass is 9.93. The Labute approximate surface area is 668 Å². The van der Waals surface area contributed by atoms with E-state index in [9.17, 15) is 152 Å². The summed E-state index contributed by atoms with van der Waals surface area (Å²) in [5, 5.41) is 306. The van der Waals surface area contributed by atoms with Gasteiger partial charge in [0.2, 0.25) is 17.7 Å². The molecule has 0 radical (unpaired) electrons. The van der Waals surface area contributed by atoms with Crippen molar-refractivity contribution in [1.82, 2.24) is 16.0 Å². The van der Waals surface area contributed by atoms with Crippen LogP contribution in [0.25, 0.3) is 0 Å². The standard InChI is InChI=1S/C66H111N3O49/c1-14-30(80)37(87)43(93)61(101-14)115-53-28(68-17(4)78)58(100-13-26-36(86)56(48(98)66(110-26)111-49-23(10-74)103-57(99)42(92)41(49)91)118-59-27(67-16(3)77)52(34(84)21(8-72)104-59)114-64-46(96)40(90)33(83)20(7-71)106-64)108-24(11-75)50(53)113-65-47(97)55(35(85)22(9-73)107-65)117-60-29(69-18(5)79)54(116-62-44(94)38(88)31(81)15(2)102-62)51(25(12-76)109-60)112-63-45(95)39(89)32(82)19(6-70)105-63/h14-15,19-66,70-76,80-99H,6-13H2,1-5H3,(H,67,77)(H,68,78)(H,69,79)/t14-,15-,19+,20+,21+,22+,23+,24+,25+,26+,27+,28+,29+,30+,31+,32-,33-,34+,35-,36-,37+,38+,39-,40-,41+,42+,43-,44-,45+,46+,47+,48+,49+,50+,51+,52+,53+,54+,55-,56-,57?,58+,59-,60-,61-,62-,63-,64-,65-,66-/m0/s1. The number of carbonyl (C=O) groups is 3. The van der Waals surface area contributed by atoms with E-state index in [0.717, 1.165) is 20.8 Å². The summed E-state index contributed by atoms with van der Waals surface area (Å²) in [6, 6.07) is -5.94. The fourth-order valence-electron chi connectivity index (χ4n) is 15.4. The van der Waals surface area contributed by atoms with Gasteiger partial charge < -0.3 is 244 Å². The van der Waals surface area contributed by atoms with Gasteiger partial charge in [-0.3, -0.25) is 14.4 Å². The predicted octanol–water partition coefficient (Wildman–Crippen LogP) is -20.3. The molecule has 52 heteroatoms. The third-order valence-electron chi connectivity index (χ3n) is 22.0.